The van der Waals surface area contributed by atoms with Crippen molar-refractivity contribution in [2.24, 2.45) is 0 Å². The number of hydrogen-bond acceptors (Lipinski definition) is 4. The first-order chi connectivity index (χ1) is 12.9. The number of halogens is 2. The summed E-state index contributed by atoms with van der Waals surface area (Å²) in [4.78, 5) is -0.0288. The Balaban J connectivity index is 1.93. The normalized spacial score (nSPS) is 16.9. The summed E-state index contributed by atoms with van der Waals surface area (Å²) in [6, 6.07) is 12.1. The van der Waals surface area contributed by atoms with Crippen LogP contribution < -0.4 is 9.46 Å². The van der Waals surface area contributed by atoms with Gasteiger partial charge in [0.2, 0.25) is 10.0 Å². The van der Waals surface area contributed by atoms with Gasteiger partial charge in [-0.2, -0.15) is 0 Å². The largest absolute Gasteiger partial charge is 0.496 e. The van der Waals surface area contributed by atoms with Crippen LogP contribution in [0.15, 0.2) is 47.4 Å². The third kappa shape index (κ3) is 4.41. The maximum absolute atomic E-state index is 12.9. The maximum Gasteiger partial charge on any atom is 0.242 e. The minimum Gasteiger partial charge on any atom is -0.496 e. The van der Waals surface area contributed by atoms with E-state index in [1.807, 2.05) is 24.3 Å². The van der Waals surface area contributed by atoms with Gasteiger partial charge in [0.15, 0.2) is 0 Å². The molecule has 1 saturated heterocycles. The number of benzene rings is 2. The van der Waals surface area contributed by atoms with Crippen molar-refractivity contribution in [2.75, 3.05) is 26.9 Å². The van der Waals surface area contributed by atoms with Crippen molar-refractivity contribution in [3.63, 3.8) is 0 Å². The first-order valence-electron chi connectivity index (χ1n) is 8.54. The van der Waals surface area contributed by atoms with Crippen molar-refractivity contribution >= 4 is 33.2 Å². The molecule has 0 aromatic heterocycles. The lowest BCUT2D eigenvalue weighted by atomic mass is 9.74. The van der Waals surface area contributed by atoms with Gasteiger partial charge in [0.1, 0.15) is 10.6 Å². The second kappa shape index (κ2) is 8.37. The molecule has 0 radical (unpaired) electrons. The maximum atomic E-state index is 12.9. The average molecular weight is 430 g/mol. The van der Waals surface area contributed by atoms with Crippen molar-refractivity contribution in [1.82, 2.24) is 4.72 Å². The van der Waals surface area contributed by atoms with Gasteiger partial charge in [0.05, 0.1) is 12.1 Å². The average Bonchev–Trinajstić information content (AvgIpc) is 2.69. The van der Waals surface area contributed by atoms with Crippen LogP contribution in [0.1, 0.15) is 18.4 Å². The Labute approximate surface area is 169 Å². The van der Waals surface area contributed by atoms with Gasteiger partial charge in [-0.05, 0) is 37.1 Å². The molecule has 0 unspecified atom stereocenters. The van der Waals surface area contributed by atoms with E-state index >= 15 is 0 Å². The predicted octanol–water partition coefficient (Wildman–Crippen LogP) is 4.03. The van der Waals surface area contributed by atoms with E-state index < -0.39 is 15.4 Å². The number of nitrogens with one attached hydrogen (secondary N) is 1. The fraction of sp³-hybridized carbons (Fsp3) is 0.368. The van der Waals surface area contributed by atoms with Crippen molar-refractivity contribution in [3.05, 3.63) is 58.1 Å². The van der Waals surface area contributed by atoms with Crippen LogP contribution in [0.25, 0.3) is 0 Å². The molecule has 0 spiro atoms. The number of para-hydroxylation sites is 1. The molecular weight excluding hydrogens is 409 g/mol. The van der Waals surface area contributed by atoms with Gasteiger partial charge >= 0.3 is 0 Å². The zero-order valence-corrected chi connectivity index (χ0v) is 17.2. The highest BCUT2D eigenvalue weighted by atomic mass is 35.5. The number of hydrogen-bond donors (Lipinski definition) is 1. The molecule has 0 amide bonds. The molecule has 0 bridgehead atoms. The van der Waals surface area contributed by atoms with Crippen LogP contribution in [0.4, 0.5) is 0 Å². The lowest BCUT2D eigenvalue weighted by molar-refractivity contribution is 0.0509. The molecule has 1 heterocycles. The monoisotopic (exact) mass is 429 g/mol. The Morgan fingerprint density at radius 1 is 1.15 bits per heavy atom. The minimum absolute atomic E-state index is 0.0288. The van der Waals surface area contributed by atoms with Gasteiger partial charge < -0.3 is 9.47 Å². The highest BCUT2D eigenvalue weighted by Gasteiger charge is 2.38. The first-order valence-corrected chi connectivity index (χ1v) is 10.8. The van der Waals surface area contributed by atoms with Gasteiger partial charge in [-0.15, -0.1) is 0 Å². The Kier molecular flexibility index (Phi) is 6.33. The van der Waals surface area contributed by atoms with E-state index in [0.29, 0.717) is 31.1 Å². The summed E-state index contributed by atoms with van der Waals surface area (Å²) >= 11 is 12.0. The van der Waals surface area contributed by atoms with Crippen molar-refractivity contribution < 1.29 is 17.9 Å². The number of sulfonamides is 1. The van der Waals surface area contributed by atoms with Crippen LogP contribution in [0.3, 0.4) is 0 Å². The molecule has 1 N–H and O–H groups in total. The zero-order valence-electron chi connectivity index (χ0n) is 14.9. The van der Waals surface area contributed by atoms with Gasteiger partial charge in [-0.1, -0.05) is 41.4 Å². The molecule has 27 heavy (non-hydrogen) atoms. The second-order valence-electron chi connectivity index (χ2n) is 6.49. The summed E-state index contributed by atoms with van der Waals surface area (Å²) in [6.07, 6.45) is 1.36. The molecule has 3 rings (SSSR count). The van der Waals surface area contributed by atoms with Crippen LogP contribution in [0, 0.1) is 0 Å². The fourth-order valence-corrected chi connectivity index (χ4v) is 5.27. The number of rotatable bonds is 6. The van der Waals surface area contributed by atoms with Crippen molar-refractivity contribution in [2.45, 2.75) is 23.2 Å². The third-order valence-corrected chi connectivity index (χ3v) is 7.03. The molecule has 2 aromatic carbocycles. The molecular formula is C19H21Cl2NO4S. The molecule has 5 nitrogen and oxygen atoms in total. The molecule has 0 aliphatic carbocycles. The highest BCUT2D eigenvalue weighted by molar-refractivity contribution is 7.89. The summed E-state index contributed by atoms with van der Waals surface area (Å²) in [7, 11) is -2.21. The third-order valence-electron chi connectivity index (χ3n) is 4.91. The predicted molar refractivity (Wildman–Crippen MR) is 106 cm³/mol. The van der Waals surface area contributed by atoms with E-state index in [1.54, 1.807) is 13.2 Å². The van der Waals surface area contributed by atoms with Gasteiger partial charge in [-0.3, -0.25) is 0 Å². The van der Waals surface area contributed by atoms with Crippen LogP contribution in [0.2, 0.25) is 10.0 Å². The van der Waals surface area contributed by atoms with E-state index in [9.17, 15) is 8.42 Å². The molecule has 0 atom stereocenters. The molecule has 1 aliphatic rings. The molecule has 0 saturated carbocycles. The second-order valence-corrected chi connectivity index (χ2v) is 9.07. The van der Waals surface area contributed by atoms with Crippen LogP contribution in [-0.4, -0.2) is 35.3 Å². The summed E-state index contributed by atoms with van der Waals surface area (Å²) in [5.41, 5.74) is 0.541. The van der Waals surface area contributed by atoms with E-state index in [2.05, 4.69) is 4.72 Å². The SMILES string of the molecule is COc1ccccc1C1(CNS(=O)(=O)c2cc(Cl)ccc2Cl)CCOCC1. The quantitative estimate of drug-likeness (QED) is 0.752. The lowest BCUT2D eigenvalue weighted by Crippen LogP contribution is -2.44. The van der Waals surface area contributed by atoms with Gasteiger partial charge in [-0.25, -0.2) is 13.1 Å². The van der Waals surface area contributed by atoms with Gasteiger partial charge in [0.25, 0.3) is 0 Å². The number of ether oxygens (including phenoxy) is 2. The van der Waals surface area contributed by atoms with Crippen molar-refractivity contribution in [3.8, 4) is 5.75 Å². The Morgan fingerprint density at radius 2 is 1.85 bits per heavy atom. The molecule has 146 valence electrons. The highest BCUT2D eigenvalue weighted by Crippen LogP contribution is 2.39. The fourth-order valence-electron chi connectivity index (χ4n) is 3.38. The zero-order chi connectivity index (χ0) is 19.5. The summed E-state index contributed by atoms with van der Waals surface area (Å²) in [5.74, 6) is 0.736. The minimum atomic E-state index is -3.83. The Bertz CT molecular complexity index is 912. The van der Waals surface area contributed by atoms with Crippen LogP contribution in [0.5, 0.6) is 5.75 Å². The van der Waals surface area contributed by atoms with Crippen LogP contribution >= 0.6 is 23.2 Å². The Morgan fingerprint density at radius 3 is 2.56 bits per heavy atom. The molecule has 8 heteroatoms. The van der Waals surface area contributed by atoms with Crippen molar-refractivity contribution in [1.29, 1.82) is 0 Å². The lowest BCUT2D eigenvalue weighted by Gasteiger charge is -2.38. The standard InChI is InChI=1S/C19H21Cl2NO4S/c1-25-17-5-3-2-4-15(17)19(8-10-26-11-9-19)13-22-27(23,24)18-12-14(20)6-7-16(18)21/h2-7,12,22H,8-11,13H2,1H3. The smallest absolute Gasteiger partial charge is 0.242 e. The Hall–Kier alpha value is -1.31. The topological polar surface area (TPSA) is 64.6 Å². The van der Waals surface area contributed by atoms with E-state index in [4.69, 9.17) is 32.7 Å². The summed E-state index contributed by atoms with van der Waals surface area (Å²) in [6.45, 7) is 1.32. The van der Waals surface area contributed by atoms with Crippen LogP contribution in [-0.2, 0) is 20.2 Å². The first kappa shape index (κ1) is 20.4. The molecule has 1 fully saturated rings. The number of methoxy groups -OCH3 is 1. The van der Waals surface area contributed by atoms with E-state index in [-0.39, 0.29) is 16.5 Å². The molecule has 1 aliphatic heterocycles. The summed E-state index contributed by atoms with van der Waals surface area (Å²) in [5, 5.41) is 0.440. The van der Waals surface area contributed by atoms with Gasteiger partial charge in [0, 0.05) is 35.8 Å². The van der Waals surface area contributed by atoms with E-state index in [0.717, 1.165) is 11.3 Å². The van der Waals surface area contributed by atoms with E-state index in [1.165, 1.54) is 12.1 Å². The summed E-state index contributed by atoms with van der Waals surface area (Å²) < 4.78 is 39.5. The molecule has 2 aromatic rings.